The highest BCUT2D eigenvalue weighted by Gasteiger charge is 2.26. The monoisotopic (exact) mass is 292 g/mol. The first-order valence-electron chi connectivity index (χ1n) is 8.43. The molecule has 2 aliphatic rings. The lowest BCUT2D eigenvalue weighted by Gasteiger charge is -2.35. The number of likely N-dealkylation sites (tertiary alicyclic amines) is 1. The molecule has 1 saturated heterocycles. The zero-order valence-electron chi connectivity index (χ0n) is 13.3. The lowest BCUT2D eigenvalue weighted by molar-refractivity contribution is 0.137. The second-order valence-electron chi connectivity index (χ2n) is 7.03. The second kappa shape index (κ2) is 6.44. The fraction of sp³-hybridized carbons (Fsp3) is 0.875. The summed E-state index contributed by atoms with van der Waals surface area (Å²) in [6.07, 6.45) is 5.60. The molecule has 0 aliphatic carbocycles. The number of piperidine rings is 1. The van der Waals surface area contributed by atoms with E-state index >= 15 is 0 Å². The molecule has 3 rings (SSSR count). The minimum Gasteiger partial charge on any atom is -0.396 e. The summed E-state index contributed by atoms with van der Waals surface area (Å²) in [5.41, 5.74) is 0. The molecule has 1 aromatic rings. The number of nitrogens with zero attached hydrogens (tertiary/aromatic N) is 4. The van der Waals surface area contributed by atoms with Crippen molar-refractivity contribution in [2.75, 3.05) is 19.7 Å². The maximum atomic E-state index is 9.30. The van der Waals surface area contributed by atoms with Gasteiger partial charge in [-0.1, -0.05) is 0 Å². The standard InChI is InChI=1S/C16H28N4O/c1-12(2)19-6-3-4-13(10-19)8-15-17-18-16-9-14(11-21)5-7-20(15)16/h12-14,21H,3-11H2,1-2H3. The molecule has 0 amide bonds. The number of hydrogen-bond acceptors (Lipinski definition) is 4. The first-order valence-corrected chi connectivity index (χ1v) is 8.43. The van der Waals surface area contributed by atoms with Gasteiger partial charge < -0.3 is 14.6 Å². The molecule has 0 spiro atoms. The van der Waals surface area contributed by atoms with Crippen LogP contribution in [0.3, 0.4) is 0 Å². The maximum Gasteiger partial charge on any atom is 0.133 e. The van der Waals surface area contributed by atoms with Crippen molar-refractivity contribution in [2.24, 2.45) is 11.8 Å². The average molecular weight is 292 g/mol. The normalized spacial score (nSPS) is 27.0. The molecule has 3 heterocycles. The minimum absolute atomic E-state index is 0.272. The van der Waals surface area contributed by atoms with E-state index in [0.717, 1.165) is 37.5 Å². The van der Waals surface area contributed by atoms with Crippen LogP contribution in [0.15, 0.2) is 0 Å². The molecular formula is C16H28N4O. The molecule has 0 bridgehead atoms. The van der Waals surface area contributed by atoms with Gasteiger partial charge in [0.2, 0.25) is 0 Å². The Labute approximate surface area is 127 Å². The molecule has 2 unspecified atom stereocenters. The number of hydrogen-bond donors (Lipinski definition) is 1. The van der Waals surface area contributed by atoms with E-state index in [1.165, 1.54) is 25.9 Å². The van der Waals surface area contributed by atoms with Crippen LogP contribution in [0.1, 0.15) is 44.8 Å². The second-order valence-corrected chi connectivity index (χ2v) is 7.03. The summed E-state index contributed by atoms with van der Waals surface area (Å²) in [6.45, 7) is 8.26. The smallest absolute Gasteiger partial charge is 0.133 e. The van der Waals surface area contributed by atoms with Crippen molar-refractivity contribution in [1.29, 1.82) is 0 Å². The van der Waals surface area contributed by atoms with Crippen molar-refractivity contribution in [1.82, 2.24) is 19.7 Å². The van der Waals surface area contributed by atoms with Gasteiger partial charge in [0.15, 0.2) is 0 Å². The highest BCUT2D eigenvalue weighted by Crippen LogP contribution is 2.25. The van der Waals surface area contributed by atoms with Crippen LogP contribution in [0.2, 0.25) is 0 Å². The van der Waals surface area contributed by atoms with Gasteiger partial charge >= 0.3 is 0 Å². The average Bonchev–Trinajstić information content (AvgIpc) is 2.89. The van der Waals surface area contributed by atoms with Gasteiger partial charge in [-0.15, -0.1) is 10.2 Å². The molecule has 5 heteroatoms. The lowest BCUT2D eigenvalue weighted by Crippen LogP contribution is -2.40. The fourth-order valence-electron chi connectivity index (χ4n) is 3.75. The van der Waals surface area contributed by atoms with Gasteiger partial charge in [0.25, 0.3) is 0 Å². The van der Waals surface area contributed by atoms with Crippen LogP contribution in [0.25, 0.3) is 0 Å². The Hall–Kier alpha value is -0.940. The molecule has 0 radical (unpaired) electrons. The number of aliphatic hydroxyl groups excluding tert-OH is 1. The summed E-state index contributed by atoms with van der Waals surface area (Å²) < 4.78 is 2.31. The van der Waals surface area contributed by atoms with Crippen LogP contribution in [0.5, 0.6) is 0 Å². The van der Waals surface area contributed by atoms with E-state index in [2.05, 4.69) is 33.5 Å². The Morgan fingerprint density at radius 1 is 1.19 bits per heavy atom. The summed E-state index contributed by atoms with van der Waals surface area (Å²) >= 11 is 0. The topological polar surface area (TPSA) is 54.2 Å². The maximum absolute atomic E-state index is 9.30. The van der Waals surface area contributed by atoms with E-state index in [9.17, 15) is 5.11 Å². The quantitative estimate of drug-likeness (QED) is 0.913. The third-order valence-electron chi connectivity index (χ3n) is 5.15. The van der Waals surface area contributed by atoms with E-state index in [-0.39, 0.29) is 6.61 Å². The van der Waals surface area contributed by atoms with Crippen LogP contribution in [0.4, 0.5) is 0 Å². The van der Waals surface area contributed by atoms with Crippen molar-refractivity contribution >= 4 is 0 Å². The predicted octanol–water partition coefficient (Wildman–Crippen LogP) is 1.50. The molecule has 0 saturated carbocycles. The van der Waals surface area contributed by atoms with Crippen molar-refractivity contribution < 1.29 is 5.11 Å². The van der Waals surface area contributed by atoms with Crippen LogP contribution < -0.4 is 0 Å². The Kier molecular flexibility index (Phi) is 4.60. The third kappa shape index (κ3) is 3.29. The Morgan fingerprint density at radius 3 is 2.81 bits per heavy atom. The molecule has 1 N–H and O–H groups in total. The Balaban J connectivity index is 1.65. The molecule has 2 aliphatic heterocycles. The zero-order valence-corrected chi connectivity index (χ0v) is 13.3. The molecule has 118 valence electrons. The number of aliphatic hydroxyl groups is 1. The minimum atomic E-state index is 0.272. The molecule has 0 aromatic carbocycles. The van der Waals surface area contributed by atoms with Crippen LogP contribution in [-0.2, 0) is 19.4 Å². The fourth-order valence-corrected chi connectivity index (χ4v) is 3.75. The van der Waals surface area contributed by atoms with E-state index in [1.54, 1.807) is 0 Å². The number of aromatic nitrogens is 3. The van der Waals surface area contributed by atoms with Crippen molar-refractivity contribution in [3.8, 4) is 0 Å². The highest BCUT2D eigenvalue weighted by atomic mass is 16.3. The Morgan fingerprint density at radius 2 is 2.05 bits per heavy atom. The summed E-state index contributed by atoms with van der Waals surface area (Å²) in [7, 11) is 0. The van der Waals surface area contributed by atoms with Crippen molar-refractivity contribution in [2.45, 2.75) is 58.5 Å². The van der Waals surface area contributed by atoms with Crippen LogP contribution in [-0.4, -0.2) is 50.5 Å². The first-order chi connectivity index (χ1) is 10.2. The molecule has 1 fully saturated rings. The zero-order chi connectivity index (χ0) is 14.8. The summed E-state index contributed by atoms with van der Waals surface area (Å²) in [6, 6.07) is 0.644. The van der Waals surface area contributed by atoms with Gasteiger partial charge in [0, 0.05) is 38.6 Å². The van der Waals surface area contributed by atoms with Gasteiger partial charge in [0.05, 0.1) is 0 Å². The van der Waals surface area contributed by atoms with Gasteiger partial charge in [-0.25, -0.2) is 0 Å². The summed E-state index contributed by atoms with van der Waals surface area (Å²) in [4.78, 5) is 2.59. The van der Waals surface area contributed by atoms with Gasteiger partial charge in [-0.2, -0.15) is 0 Å². The summed E-state index contributed by atoms with van der Waals surface area (Å²) in [5.74, 6) is 3.33. The van der Waals surface area contributed by atoms with Crippen molar-refractivity contribution in [3.05, 3.63) is 11.6 Å². The molecule has 5 nitrogen and oxygen atoms in total. The van der Waals surface area contributed by atoms with E-state index < -0.39 is 0 Å². The van der Waals surface area contributed by atoms with E-state index in [1.807, 2.05) is 0 Å². The third-order valence-corrected chi connectivity index (χ3v) is 5.15. The predicted molar refractivity (Wildman–Crippen MR) is 82.1 cm³/mol. The van der Waals surface area contributed by atoms with Crippen LogP contribution >= 0.6 is 0 Å². The van der Waals surface area contributed by atoms with Gasteiger partial charge in [-0.3, -0.25) is 0 Å². The number of fused-ring (bicyclic) bond motifs is 1. The van der Waals surface area contributed by atoms with Crippen LogP contribution in [0, 0.1) is 11.8 Å². The van der Waals surface area contributed by atoms with E-state index in [0.29, 0.717) is 17.9 Å². The Bertz CT molecular complexity index is 471. The number of rotatable bonds is 4. The van der Waals surface area contributed by atoms with Crippen molar-refractivity contribution in [3.63, 3.8) is 0 Å². The molecule has 2 atom stereocenters. The lowest BCUT2D eigenvalue weighted by atomic mass is 9.93. The highest BCUT2D eigenvalue weighted by molar-refractivity contribution is 5.02. The van der Waals surface area contributed by atoms with E-state index in [4.69, 9.17) is 0 Å². The molecule has 21 heavy (non-hydrogen) atoms. The molecular weight excluding hydrogens is 264 g/mol. The SMILES string of the molecule is CC(C)N1CCCC(Cc2nnc3n2CCC(CO)C3)C1. The first kappa shape index (κ1) is 15.0. The van der Waals surface area contributed by atoms with Gasteiger partial charge in [0.1, 0.15) is 11.6 Å². The largest absolute Gasteiger partial charge is 0.396 e. The molecule has 1 aromatic heterocycles. The summed E-state index contributed by atoms with van der Waals surface area (Å²) in [5, 5.41) is 18.1. The van der Waals surface area contributed by atoms with Gasteiger partial charge in [-0.05, 0) is 51.5 Å².